The van der Waals surface area contributed by atoms with Crippen LogP contribution in [0, 0.1) is 0 Å². The Morgan fingerprint density at radius 3 is 1.88 bits per heavy atom. The van der Waals surface area contributed by atoms with E-state index in [1.807, 2.05) is 6.92 Å². The summed E-state index contributed by atoms with van der Waals surface area (Å²) < 4.78 is 0. The predicted molar refractivity (Wildman–Crippen MR) is 75.6 cm³/mol. The minimum absolute atomic E-state index is 1.18. The van der Waals surface area contributed by atoms with Crippen LogP contribution in [0.15, 0.2) is 48.6 Å². The van der Waals surface area contributed by atoms with E-state index in [-0.39, 0.29) is 0 Å². The largest absolute Gasteiger partial charge is 0.0917 e. The van der Waals surface area contributed by atoms with Crippen molar-refractivity contribution in [2.75, 3.05) is 0 Å². The highest BCUT2D eigenvalue weighted by atomic mass is 13.9. The molecule has 16 heavy (non-hydrogen) atoms. The second-order valence-corrected chi connectivity index (χ2v) is 3.86. The van der Waals surface area contributed by atoms with Crippen molar-refractivity contribution in [2.24, 2.45) is 0 Å². The Morgan fingerprint density at radius 1 is 0.562 bits per heavy atom. The van der Waals surface area contributed by atoms with Crippen molar-refractivity contribution in [2.45, 2.75) is 52.4 Å². The van der Waals surface area contributed by atoms with Gasteiger partial charge in [0.05, 0.1) is 0 Å². The molecule has 0 heteroatoms. The first kappa shape index (κ1) is 15.0. The zero-order valence-corrected chi connectivity index (χ0v) is 10.9. The van der Waals surface area contributed by atoms with Crippen molar-refractivity contribution in [1.82, 2.24) is 0 Å². The van der Waals surface area contributed by atoms with Gasteiger partial charge in [-0.2, -0.15) is 0 Å². The Bertz CT molecular complexity index is 228. The fourth-order valence-corrected chi connectivity index (χ4v) is 1.41. The molecule has 0 aliphatic heterocycles. The number of hydrogen-bond donors (Lipinski definition) is 0. The van der Waals surface area contributed by atoms with E-state index in [9.17, 15) is 0 Å². The second kappa shape index (κ2) is 14.0. The average molecular weight is 218 g/mol. The van der Waals surface area contributed by atoms with Crippen molar-refractivity contribution in [1.29, 1.82) is 0 Å². The van der Waals surface area contributed by atoms with E-state index < -0.39 is 0 Å². The molecule has 0 rings (SSSR count). The topological polar surface area (TPSA) is 0 Å². The number of hydrogen-bond acceptors (Lipinski definition) is 0. The Hall–Kier alpha value is -1.04. The molecular formula is C16H26. The molecule has 0 bridgehead atoms. The van der Waals surface area contributed by atoms with Gasteiger partial charge in [-0.15, -0.1) is 0 Å². The van der Waals surface area contributed by atoms with Gasteiger partial charge in [-0.25, -0.2) is 0 Å². The van der Waals surface area contributed by atoms with Crippen LogP contribution >= 0.6 is 0 Å². The average Bonchev–Trinajstić information content (AvgIpc) is 2.31. The summed E-state index contributed by atoms with van der Waals surface area (Å²) >= 11 is 0. The summed E-state index contributed by atoms with van der Waals surface area (Å²) in [5.74, 6) is 0. The first-order chi connectivity index (χ1) is 7.91. The summed E-state index contributed by atoms with van der Waals surface area (Å²) in [5, 5.41) is 0. The third-order valence-electron chi connectivity index (χ3n) is 2.33. The molecule has 90 valence electrons. The monoisotopic (exact) mass is 218 g/mol. The summed E-state index contributed by atoms with van der Waals surface area (Å²) in [6.07, 6.45) is 24.9. The van der Waals surface area contributed by atoms with Gasteiger partial charge >= 0.3 is 0 Å². The van der Waals surface area contributed by atoms with E-state index in [1.165, 1.54) is 38.5 Å². The molecule has 0 amide bonds. The van der Waals surface area contributed by atoms with Crippen LogP contribution in [0.2, 0.25) is 0 Å². The molecule has 0 saturated heterocycles. The fourth-order valence-electron chi connectivity index (χ4n) is 1.41. The number of allylic oxidation sites excluding steroid dienone is 8. The molecule has 0 aliphatic carbocycles. The Kier molecular flexibility index (Phi) is 13.1. The van der Waals surface area contributed by atoms with Crippen LogP contribution in [0.5, 0.6) is 0 Å². The van der Waals surface area contributed by atoms with Crippen molar-refractivity contribution in [3.05, 3.63) is 48.6 Å². The lowest BCUT2D eigenvalue weighted by molar-refractivity contribution is 0.760. The van der Waals surface area contributed by atoms with Crippen molar-refractivity contribution in [3.8, 4) is 0 Å². The van der Waals surface area contributed by atoms with Crippen LogP contribution in [0.1, 0.15) is 52.4 Å². The molecule has 0 N–H and O–H groups in total. The molecule has 0 saturated carbocycles. The van der Waals surface area contributed by atoms with Gasteiger partial charge in [-0.3, -0.25) is 0 Å². The van der Waals surface area contributed by atoms with Gasteiger partial charge in [0.1, 0.15) is 0 Å². The van der Waals surface area contributed by atoms with E-state index in [1.54, 1.807) is 0 Å². The number of rotatable bonds is 9. The van der Waals surface area contributed by atoms with Crippen LogP contribution in [0.25, 0.3) is 0 Å². The van der Waals surface area contributed by atoms with Gasteiger partial charge < -0.3 is 0 Å². The zero-order chi connectivity index (χ0) is 11.9. The van der Waals surface area contributed by atoms with E-state index >= 15 is 0 Å². The molecule has 0 heterocycles. The van der Waals surface area contributed by atoms with Crippen molar-refractivity contribution in [3.63, 3.8) is 0 Å². The maximum atomic E-state index is 2.32. The summed E-state index contributed by atoms with van der Waals surface area (Å²) in [6.45, 7) is 4.12. The normalized spacial score (nSPS) is 12.9. The van der Waals surface area contributed by atoms with Crippen molar-refractivity contribution < 1.29 is 0 Å². The quantitative estimate of drug-likeness (QED) is 0.269. The highest BCUT2D eigenvalue weighted by Crippen LogP contribution is 2.03. The first-order valence-corrected chi connectivity index (χ1v) is 6.45. The van der Waals surface area contributed by atoms with Crippen LogP contribution < -0.4 is 0 Å². The predicted octanol–water partition coefficient (Wildman–Crippen LogP) is 5.59. The van der Waals surface area contributed by atoms with Crippen LogP contribution in [-0.4, -0.2) is 0 Å². The molecular weight excluding hydrogens is 192 g/mol. The summed E-state index contributed by atoms with van der Waals surface area (Å²) in [5.41, 5.74) is 0. The SMILES string of the molecule is CC=CC=CCCCCC=CCCC=CC. The van der Waals surface area contributed by atoms with Crippen LogP contribution in [0.4, 0.5) is 0 Å². The van der Waals surface area contributed by atoms with Gasteiger partial charge in [0.25, 0.3) is 0 Å². The molecule has 0 nitrogen and oxygen atoms in total. The molecule has 0 fully saturated rings. The molecule has 0 atom stereocenters. The highest BCUT2D eigenvalue weighted by molar-refractivity contribution is 5.00. The van der Waals surface area contributed by atoms with Gasteiger partial charge in [0.15, 0.2) is 0 Å². The lowest BCUT2D eigenvalue weighted by Gasteiger charge is -1.92. The summed E-state index contributed by atoms with van der Waals surface area (Å²) in [4.78, 5) is 0. The minimum Gasteiger partial charge on any atom is -0.0917 e. The van der Waals surface area contributed by atoms with Crippen LogP contribution in [0.3, 0.4) is 0 Å². The molecule has 0 aliphatic rings. The van der Waals surface area contributed by atoms with E-state index in [0.717, 1.165) is 0 Å². The maximum Gasteiger partial charge on any atom is -0.0316 e. The Balaban J connectivity index is 3.20. The summed E-state index contributed by atoms with van der Waals surface area (Å²) in [7, 11) is 0. The minimum atomic E-state index is 1.18. The van der Waals surface area contributed by atoms with E-state index in [2.05, 4.69) is 55.5 Å². The van der Waals surface area contributed by atoms with Gasteiger partial charge in [-0.1, -0.05) is 48.6 Å². The lowest BCUT2D eigenvalue weighted by Crippen LogP contribution is -1.72. The first-order valence-electron chi connectivity index (χ1n) is 6.45. The maximum absolute atomic E-state index is 2.32. The molecule has 0 spiro atoms. The van der Waals surface area contributed by atoms with Crippen LogP contribution in [-0.2, 0) is 0 Å². The molecule has 0 radical (unpaired) electrons. The van der Waals surface area contributed by atoms with E-state index in [4.69, 9.17) is 0 Å². The lowest BCUT2D eigenvalue weighted by atomic mass is 10.1. The van der Waals surface area contributed by atoms with E-state index in [0.29, 0.717) is 0 Å². The van der Waals surface area contributed by atoms with Gasteiger partial charge in [0, 0.05) is 0 Å². The third kappa shape index (κ3) is 13.0. The molecule has 0 aromatic heterocycles. The molecule has 0 aromatic rings. The number of unbranched alkanes of at least 4 members (excludes halogenated alkanes) is 4. The van der Waals surface area contributed by atoms with Crippen molar-refractivity contribution >= 4 is 0 Å². The Labute approximate surface area is 101 Å². The Morgan fingerprint density at radius 2 is 1.19 bits per heavy atom. The fraction of sp³-hybridized carbons (Fsp3) is 0.500. The zero-order valence-electron chi connectivity index (χ0n) is 10.9. The third-order valence-corrected chi connectivity index (χ3v) is 2.33. The highest BCUT2D eigenvalue weighted by Gasteiger charge is 1.83. The second-order valence-electron chi connectivity index (χ2n) is 3.86. The molecule has 0 unspecified atom stereocenters. The standard InChI is InChI=1S/C16H26/c1-3-5-7-9-11-13-15-16-14-12-10-8-6-4-2/h3-7,9,12,14H,8,10-11,13,15-16H2,1-2H3. The smallest absolute Gasteiger partial charge is 0.0316 e. The van der Waals surface area contributed by atoms with Gasteiger partial charge in [-0.05, 0) is 52.4 Å². The molecule has 0 aromatic carbocycles. The van der Waals surface area contributed by atoms with Gasteiger partial charge in [0.2, 0.25) is 0 Å². The summed E-state index contributed by atoms with van der Waals surface area (Å²) in [6, 6.07) is 0.